The van der Waals surface area contributed by atoms with Gasteiger partial charge in [0.1, 0.15) is 6.10 Å². The van der Waals surface area contributed by atoms with Gasteiger partial charge in [-0.05, 0) is 24.5 Å². The van der Waals surface area contributed by atoms with Gasteiger partial charge < -0.3 is 4.74 Å². The highest BCUT2D eigenvalue weighted by Crippen LogP contribution is 2.22. The van der Waals surface area contributed by atoms with Gasteiger partial charge in [0.2, 0.25) is 0 Å². The van der Waals surface area contributed by atoms with Crippen LogP contribution in [0.1, 0.15) is 43.6 Å². The molecule has 0 aliphatic rings. The normalized spacial score (nSPS) is 12.7. The number of pyridine rings is 1. The minimum Gasteiger partial charge on any atom is -0.459 e. The number of ether oxygens (including phenoxy) is 1. The first kappa shape index (κ1) is 16.2. The predicted molar refractivity (Wildman–Crippen MR) is 86.5 cm³/mol. The standard InChI is InChI=1S/C19H24NO2/c1-15(19(2,3)4)22-18(21)17-10-8-9-16(13-17)14-20-11-6-5-7-12-20/h5-13,15H,14H2,1-4H3/q+1/t15-/m1/s1. The minimum absolute atomic E-state index is 0.0623. The zero-order chi connectivity index (χ0) is 16.2. The van der Waals surface area contributed by atoms with Crippen LogP contribution in [0.4, 0.5) is 0 Å². The predicted octanol–water partition coefficient (Wildman–Crippen LogP) is 3.61. The maximum atomic E-state index is 12.3. The van der Waals surface area contributed by atoms with Gasteiger partial charge in [-0.2, -0.15) is 0 Å². The molecule has 0 aliphatic carbocycles. The number of hydrogen-bond acceptors (Lipinski definition) is 2. The second-order valence-corrected chi connectivity index (χ2v) is 6.66. The van der Waals surface area contributed by atoms with Gasteiger partial charge in [-0.3, -0.25) is 0 Å². The molecule has 0 fully saturated rings. The van der Waals surface area contributed by atoms with E-state index >= 15 is 0 Å². The third-order valence-corrected chi connectivity index (χ3v) is 3.81. The molecule has 1 atom stereocenters. The van der Waals surface area contributed by atoms with Crippen molar-refractivity contribution in [1.29, 1.82) is 0 Å². The molecule has 116 valence electrons. The van der Waals surface area contributed by atoms with Crippen LogP contribution in [0.5, 0.6) is 0 Å². The van der Waals surface area contributed by atoms with Gasteiger partial charge in [0.15, 0.2) is 18.9 Å². The first-order valence-electron chi connectivity index (χ1n) is 7.60. The molecule has 2 aromatic rings. The van der Waals surface area contributed by atoms with Crippen LogP contribution < -0.4 is 4.57 Å². The first-order chi connectivity index (χ1) is 10.4. The highest BCUT2D eigenvalue weighted by molar-refractivity contribution is 5.89. The van der Waals surface area contributed by atoms with E-state index < -0.39 is 0 Å². The van der Waals surface area contributed by atoms with E-state index in [1.165, 1.54) is 0 Å². The van der Waals surface area contributed by atoms with Crippen LogP contribution in [-0.4, -0.2) is 12.1 Å². The van der Waals surface area contributed by atoms with Crippen molar-refractivity contribution in [2.24, 2.45) is 5.41 Å². The van der Waals surface area contributed by atoms with Gasteiger partial charge in [-0.1, -0.05) is 39.0 Å². The van der Waals surface area contributed by atoms with Crippen LogP contribution in [-0.2, 0) is 11.3 Å². The summed E-state index contributed by atoms with van der Waals surface area (Å²) in [5.74, 6) is -0.262. The quantitative estimate of drug-likeness (QED) is 0.637. The summed E-state index contributed by atoms with van der Waals surface area (Å²) in [7, 11) is 0. The summed E-state index contributed by atoms with van der Waals surface area (Å²) in [6.07, 6.45) is 3.88. The first-order valence-corrected chi connectivity index (χ1v) is 7.60. The topological polar surface area (TPSA) is 30.2 Å². The van der Waals surface area contributed by atoms with Gasteiger partial charge in [0.05, 0.1) is 5.56 Å². The average molecular weight is 298 g/mol. The fourth-order valence-electron chi connectivity index (χ4n) is 1.95. The maximum Gasteiger partial charge on any atom is 0.338 e. The SMILES string of the molecule is C[C@@H](OC(=O)c1cccc(C[n+]2ccccc2)c1)C(C)(C)C. The summed E-state index contributed by atoms with van der Waals surface area (Å²) in [4.78, 5) is 12.3. The van der Waals surface area contributed by atoms with Gasteiger partial charge in [-0.25, -0.2) is 9.36 Å². The molecule has 1 aromatic carbocycles. The van der Waals surface area contributed by atoms with Crippen molar-refractivity contribution in [3.63, 3.8) is 0 Å². The second kappa shape index (κ2) is 6.73. The Bertz CT molecular complexity index is 629. The van der Waals surface area contributed by atoms with Crippen molar-refractivity contribution < 1.29 is 14.1 Å². The molecule has 0 N–H and O–H groups in total. The summed E-state index contributed by atoms with van der Waals surface area (Å²) in [6, 6.07) is 13.6. The lowest BCUT2D eigenvalue weighted by Gasteiger charge is -2.26. The molecule has 3 heteroatoms. The molecule has 0 aliphatic heterocycles. The highest BCUT2D eigenvalue weighted by Gasteiger charge is 2.24. The fraction of sp³-hybridized carbons (Fsp3) is 0.368. The van der Waals surface area contributed by atoms with Crippen LogP contribution >= 0.6 is 0 Å². The molecule has 22 heavy (non-hydrogen) atoms. The van der Waals surface area contributed by atoms with E-state index in [4.69, 9.17) is 4.74 Å². The second-order valence-electron chi connectivity index (χ2n) is 6.66. The zero-order valence-corrected chi connectivity index (χ0v) is 13.7. The highest BCUT2D eigenvalue weighted by atomic mass is 16.5. The Kier molecular flexibility index (Phi) is 4.96. The Labute approximate surface area is 132 Å². The van der Waals surface area contributed by atoms with Crippen LogP contribution in [0.2, 0.25) is 0 Å². The third-order valence-electron chi connectivity index (χ3n) is 3.81. The Hall–Kier alpha value is -2.16. The molecule has 1 heterocycles. The zero-order valence-electron chi connectivity index (χ0n) is 13.7. The number of esters is 1. The number of aromatic nitrogens is 1. The molecule has 0 amide bonds. The van der Waals surface area contributed by atoms with E-state index in [1.54, 1.807) is 6.07 Å². The van der Waals surface area contributed by atoms with E-state index in [1.807, 2.05) is 55.7 Å². The Morgan fingerprint density at radius 1 is 1.14 bits per heavy atom. The van der Waals surface area contributed by atoms with E-state index in [0.717, 1.165) is 12.1 Å². The number of nitrogens with zero attached hydrogens (tertiary/aromatic N) is 1. The van der Waals surface area contributed by atoms with E-state index in [2.05, 4.69) is 25.3 Å². The molecule has 1 aromatic heterocycles. The largest absolute Gasteiger partial charge is 0.459 e. The van der Waals surface area contributed by atoms with Crippen LogP contribution in [0, 0.1) is 5.41 Å². The van der Waals surface area contributed by atoms with E-state index in [9.17, 15) is 4.79 Å². The molecule has 0 spiro atoms. The lowest BCUT2D eigenvalue weighted by atomic mass is 9.90. The molecule has 3 nitrogen and oxygen atoms in total. The van der Waals surface area contributed by atoms with Crippen LogP contribution in [0.15, 0.2) is 54.9 Å². The summed E-state index contributed by atoms with van der Waals surface area (Å²) < 4.78 is 7.63. The van der Waals surface area contributed by atoms with Crippen molar-refractivity contribution in [2.45, 2.75) is 40.3 Å². The molecule has 2 rings (SSSR count). The fourth-order valence-corrected chi connectivity index (χ4v) is 1.95. The summed E-state index contributed by atoms with van der Waals surface area (Å²) in [5, 5.41) is 0. The Morgan fingerprint density at radius 2 is 1.82 bits per heavy atom. The van der Waals surface area contributed by atoms with Crippen molar-refractivity contribution in [3.05, 3.63) is 66.0 Å². The smallest absolute Gasteiger partial charge is 0.338 e. The summed E-state index contributed by atoms with van der Waals surface area (Å²) >= 11 is 0. The van der Waals surface area contributed by atoms with Crippen molar-refractivity contribution in [2.75, 3.05) is 0 Å². The van der Waals surface area contributed by atoms with Gasteiger partial charge in [-0.15, -0.1) is 0 Å². The van der Waals surface area contributed by atoms with Crippen molar-refractivity contribution >= 4 is 5.97 Å². The summed E-state index contributed by atoms with van der Waals surface area (Å²) in [5.41, 5.74) is 1.62. The monoisotopic (exact) mass is 298 g/mol. The Morgan fingerprint density at radius 3 is 2.45 bits per heavy atom. The lowest BCUT2D eigenvalue weighted by molar-refractivity contribution is -0.688. The minimum atomic E-state index is -0.262. The molecular weight excluding hydrogens is 274 g/mol. The number of rotatable bonds is 4. The van der Waals surface area contributed by atoms with Crippen LogP contribution in [0.3, 0.4) is 0 Å². The third kappa shape index (κ3) is 4.42. The van der Waals surface area contributed by atoms with Gasteiger partial charge in [0.25, 0.3) is 0 Å². The maximum absolute atomic E-state index is 12.3. The van der Waals surface area contributed by atoms with Crippen molar-refractivity contribution in [3.8, 4) is 0 Å². The molecule has 0 saturated heterocycles. The van der Waals surface area contributed by atoms with E-state index in [0.29, 0.717) is 5.56 Å². The van der Waals surface area contributed by atoms with Crippen molar-refractivity contribution in [1.82, 2.24) is 0 Å². The molecule has 0 unspecified atom stereocenters. The van der Waals surface area contributed by atoms with E-state index in [-0.39, 0.29) is 17.5 Å². The van der Waals surface area contributed by atoms with Gasteiger partial charge >= 0.3 is 5.97 Å². The van der Waals surface area contributed by atoms with Gasteiger partial charge in [0, 0.05) is 17.7 Å². The number of carbonyl (C=O) groups excluding carboxylic acids is 1. The number of hydrogen-bond donors (Lipinski definition) is 0. The molecule has 0 bridgehead atoms. The van der Waals surface area contributed by atoms with Crippen LogP contribution in [0.25, 0.3) is 0 Å². The lowest BCUT2D eigenvalue weighted by Crippen LogP contribution is -2.33. The molecule has 0 saturated carbocycles. The number of carbonyl (C=O) groups is 1. The molecular formula is C19H24NO2+. The molecule has 0 radical (unpaired) electrons. The number of benzene rings is 1. The Balaban J connectivity index is 2.09. The average Bonchev–Trinajstić information content (AvgIpc) is 2.47. The summed E-state index contributed by atoms with van der Waals surface area (Å²) in [6.45, 7) is 8.85.